The maximum absolute atomic E-state index is 13.7. The van der Waals surface area contributed by atoms with E-state index in [4.69, 9.17) is 0 Å². The first kappa shape index (κ1) is 21.1. The number of rotatable bonds is 4. The fraction of sp³-hybridized carbons (Fsp3) is 0.458. The highest BCUT2D eigenvalue weighted by Gasteiger charge is 2.47. The van der Waals surface area contributed by atoms with E-state index in [-0.39, 0.29) is 23.0 Å². The van der Waals surface area contributed by atoms with E-state index in [1.54, 1.807) is 0 Å². The highest BCUT2D eigenvalue weighted by molar-refractivity contribution is 5.98. The van der Waals surface area contributed by atoms with Gasteiger partial charge in [0.05, 0.1) is 13.1 Å². The van der Waals surface area contributed by atoms with E-state index in [1.165, 1.54) is 29.5 Å². The molecule has 2 fully saturated rings. The second kappa shape index (κ2) is 8.79. The smallest absolute Gasteiger partial charge is 0.285 e. The van der Waals surface area contributed by atoms with E-state index in [1.807, 2.05) is 0 Å². The highest BCUT2D eigenvalue weighted by Crippen LogP contribution is 2.35. The quantitative estimate of drug-likeness (QED) is 0.658. The molecule has 0 unspecified atom stereocenters. The molecule has 2 heterocycles. The van der Waals surface area contributed by atoms with Crippen LogP contribution in [0.5, 0.6) is 0 Å². The molecule has 0 aliphatic carbocycles. The van der Waals surface area contributed by atoms with Crippen LogP contribution in [0.15, 0.2) is 48.5 Å². The zero-order chi connectivity index (χ0) is 18.9. The molecule has 2 aliphatic rings. The van der Waals surface area contributed by atoms with Gasteiger partial charge < -0.3 is 26.4 Å². The number of likely N-dealkylation sites (tertiary alicyclic amines) is 1. The Morgan fingerprint density at radius 1 is 0.929 bits per heavy atom. The molecule has 2 aromatic rings. The van der Waals surface area contributed by atoms with Gasteiger partial charge in [0.25, 0.3) is 5.91 Å². The van der Waals surface area contributed by atoms with Gasteiger partial charge in [-0.3, -0.25) is 4.79 Å². The van der Waals surface area contributed by atoms with E-state index in [0.29, 0.717) is 5.91 Å². The molecule has 4 heteroatoms. The summed E-state index contributed by atoms with van der Waals surface area (Å²) in [5, 5.41) is 0. The Hall–Kier alpha value is -1.65. The zero-order valence-electron chi connectivity index (χ0n) is 17.0. The first-order valence-corrected chi connectivity index (χ1v) is 10.4. The van der Waals surface area contributed by atoms with Crippen molar-refractivity contribution in [2.45, 2.75) is 52.1 Å². The van der Waals surface area contributed by atoms with Crippen molar-refractivity contribution in [1.29, 1.82) is 0 Å². The van der Waals surface area contributed by atoms with Gasteiger partial charge in [0.1, 0.15) is 6.54 Å². The number of benzene rings is 2. The Kier molecular flexibility index (Phi) is 6.61. The highest BCUT2D eigenvalue weighted by atomic mass is 79.9. The Morgan fingerprint density at radius 3 is 2.21 bits per heavy atom. The lowest BCUT2D eigenvalue weighted by Crippen LogP contribution is -3.00. The third kappa shape index (κ3) is 3.90. The fourth-order valence-corrected chi connectivity index (χ4v) is 5.31. The first-order valence-electron chi connectivity index (χ1n) is 10.4. The number of piperidine rings is 1. The van der Waals surface area contributed by atoms with Crippen LogP contribution in [0.25, 0.3) is 0 Å². The number of carbonyl (C=O) groups is 1. The van der Waals surface area contributed by atoms with Crippen LogP contribution in [0.1, 0.15) is 42.4 Å². The average Bonchev–Trinajstić information content (AvgIpc) is 3.13. The topological polar surface area (TPSA) is 20.3 Å². The summed E-state index contributed by atoms with van der Waals surface area (Å²) in [4.78, 5) is 15.8. The molecule has 0 bridgehead atoms. The normalized spacial score (nSPS) is 21.4. The molecule has 28 heavy (non-hydrogen) atoms. The minimum absolute atomic E-state index is 0. The van der Waals surface area contributed by atoms with Crippen molar-refractivity contribution in [2.75, 3.05) is 24.5 Å². The Bertz CT molecular complexity index is 794. The SMILES string of the molecule is Cc1cccc(C)c1N1CCC[C@H]([N+]2(Cc3ccccc3)CCCC2)C1=O.[Br-]. The molecule has 0 aromatic heterocycles. The number of quaternary nitrogens is 1. The van der Waals surface area contributed by atoms with Gasteiger partial charge in [-0.1, -0.05) is 48.5 Å². The number of aryl methyl sites for hydroxylation is 2. The number of para-hydroxylation sites is 1. The van der Waals surface area contributed by atoms with Crippen LogP contribution >= 0.6 is 0 Å². The number of halogens is 1. The summed E-state index contributed by atoms with van der Waals surface area (Å²) < 4.78 is 0.949. The minimum Gasteiger partial charge on any atom is -1.00 e. The van der Waals surface area contributed by atoms with Crippen molar-refractivity contribution in [3.05, 3.63) is 65.2 Å². The number of hydrogen-bond donors (Lipinski definition) is 0. The molecule has 0 radical (unpaired) electrons. The van der Waals surface area contributed by atoms with Gasteiger partial charge in [-0.2, -0.15) is 0 Å². The summed E-state index contributed by atoms with van der Waals surface area (Å²) in [7, 11) is 0. The van der Waals surface area contributed by atoms with E-state index in [9.17, 15) is 4.79 Å². The molecule has 1 atom stereocenters. The maximum atomic E-state index is 13.7. The minimum atomic E-state index is 0. The average molecular weight is 443 g/mol. The molecule has 0 spiro atoms. The van der Waals surface area contributed by atoms with Gasteiger partial charge in [0, 0.05) is 37.1 Å². The van der Waals surface area contributed by atoms with E-state index in [0.717, 1.165) is 49.2 Å². The second-order valence-electron chi connectivity index (χ2n) is 8.40. The molecule has 0 N–H and O–H groups in total. The van der Waals surface area contributed by atoms with Crippen molar-refractivity contribution in [3.8, 4) is 0 Å². The Labute approximate surface area is 179 Å². The molecular weight excluding hydrogens is 412 g/mol. The lowest BCUT2D eigenvalue weighted by molar-refractivity contribution is -0.944. The van der Waals surface area contributed by atoms with Gasteiger partial charge in [-0.15, -0.1) is 0 Å². The molecule has 3 nitrogen and oxygen atoms in total. The van der Waals surface area contributed by atoms with Crippen molar-refractivity contribution >= 4 is 11.6 Å². The number of hydrogen-bond acceptors (Lipinski definition) is 1. The van der Waals surface area contributed by atoms with Crippen molar-refractivity contribution in [1.82, 2.24) is 0 Å². The molecular formula is C24H31BrN2O. The summed E-state index contributed by atoms with van der Waals surface area (Å²) in [6.07, 6.45) is 4.59. The van der Waals surface area contributed by atoms with Gasteiger partial charge in [-0.25, -0.2) is 0 Å². The number of carbonyl (C=O) groups excluding carboxylic acids is 1. The second-order valence-corrected chi connectivity index (χ2v) is 8.40. The van der Waals surface area contributed by atoms with Gasteiger partial charge >= 0.3 is 0 Å². The van der Waals surface area contributed by atoms with Crippen LogP contribution in [0, 0.1) is 13.8 Å². The lowest BCUT2D eigenvalue weighted by Gasteiger charge is -2.45. The third-order valence-corrected chi connectivity index (χ3v) is 6.58. The number of amides is 1. The first-order chi connectivity index (χ1) is 13.1. The van der Waals surface area contributed by atoms with Gasteiger partial charge in [-0.05, 0) is 31.4 Å². The van der Waals surface area contributed by atoms with E-state index >= 15 is 0 Å². The molecule has 2 saturated heterocycles. The largest absolute Gasteiger partial charge is 1.00 e. The third-order valence-electron chi connectivity index (χ3n) is 6.58. The molecule has 4 rings (SSSR count). The Balaban J connectivity index is 0.00000225. The Morgan fingerprint density at radius 2 is 1.57 bits per heavy atom. The molecule has 2 aromatic carbocycles. The van der Waals surface area contributed by atoms with Crippen molar-refractivity contribution in [3.63, 3.8) is 0 Å². The summed E-state index contributed by atoms with van der Waals surface area (Å²) in [5.74, 6) is 0.344. The summed E-state index contributed by atoms with van der Waals surface area (Å²) in [5.41, 5.74) is 4.92. The van der Waals surface area contributed by atoms with Crippen molar-refractivity contribution in [2.24, 2.45) is 0 Å². The molecule has 0 saturated carbocycles. The van der Waals surface area contributed by atoms with Crippen molar-refractivity contribution < 1.29 is 26.3 Å². The number of nitrogens with zero attached hydrogens (tertiary/aromatic N) is 2. The summed E-state index contributed by atoms with van der Waals surface area (Å²) in [6.45, 7) is 8.36. The van der Waals surface area contributed by atoms with Gasteiger partial charge in [0.15, 0.2) is 6.04 Å². The zero-order valence-corrected chi connectivity index (χ0v) is 18.6. The molecule has 1 amide bonds. The van der Waals surface area contributed by atoms with Crippen LogP contribution in [0.3, 0.4) is 0 Å². The standard InChI is InChI=1S/C24H31N2O.BrH/c1-19-10-8-11-20(2)23(19)25-15-9-14-22(24(25)27)26(16-6-7-17-26)18-21-12-4-3-5-13-21;/h3-5,8,10-13,22H,6-7,9,14-18H2,1-2H3;1H/q+1;/p-1/t22-;/m0./s1. The van der Waals surface area contributed by atoms with E-state index in [2.05, 4.69) is 67.3 Å². The molecule has 2 aliphatic heterocycles. The predicted octanol–water partition coefficient (Wildman–Crippen LogP) is 1.61. The summed E-state index contributed by atoms with van der Waals surface area (Å²) in [6, 6.07) is 17.2. The van der Waals surface area contributed by atoms with E-state index < -0.39 is 0 Å². The van der Waals surface area contributed by atoms with Crippen LogP contribution < -0.4 is 21.9 Å². The lowest BCUT2D eigenvalue weighted by atomic mass is 9.97. The van der Waals surface area contributed by atoms with Crippen LogP contribution in [-0.2, 0) is 11.3 Å². The molecule has 150 valence electrons. The van der Waals surface area contributed by atoms with Crippen LogP contribution in [0.4, 0.5) is 5.69 Å². The number of anilines is 1. The fourth-order valence-electron chi connectivity index (χ4n) is 5.31. The predicted molar refractivity (Wildman–Crippen MR) is 111 cm³/mol. The van der Waals surface area contributed by atoms with Crippen LogP contribution in [-0.4, -0.2) is 36.1 Å². The monoisotopic (exact) mass is 442 g/mol. The van der Waals surface area contributed by atoms with Gasteiger partial charge in [0.2, 0.25) is 0 Å². The summed E-state index contributed by atoms with van der Waals surface area (Å²) >= 11 is 0. The maximum Gasteiger partial charge on any atom is 0.285 e. The van der Waals surface area contributed by atoms with Crippen LogP contribution in [0.2, 0.25) is 0 Å².